The summed E-state index contributed by atoms with van der Waals surface area (Å²) in [5, 5.41) is 1.96. The van der Waals surface area contributed by atoms with Crippen LogP contribution in [0.4, 0.5) is 14.6 Å². The van der Waals surface area contributed by atoms with Crippen molar-refractivity contribution in [3.63, 3.8) is 0 Å². The average Bonchev–Trinajstić information content (AvgIpc) is 3.17. The van der Waals surface area contributed by atoms with Crippen LogP contribution < -0.4 is 4.90 Å². The maximum atomic E-state index is 13.1. The predicted molar refractivity (Wildman–Crippen MR) is 113 cm³/mol. The van der Waals surface area contributed by atoms with Crippen molar-refractivity contribution in [1.29, 1.82) is 0 Å². The number of anilines is 1. The number of nitrogens with zero attached hydrogens (tertiary/aromatic N) is 5. The number of fused-ring (bicyclic) bond motifs is 1. The average molecular weight is 419 g/mol. The van der Waals surface area contributed by atoms with Crippen molar-refractivity contribution in [2.24, 2.45) is 7.05 Å². The molecule has 0 atom stereocenters. The van der Waals surface area contributed by atoms with Crippen molar-refractivity contribution < 1.29 is 13.6 Å². The van der Waals surface area contributed by atoms with E-state index in [-0.39, 0.29) is 25.3 Å². The van der Waals surface area contributed by atoms with E-state index in [9.17, 15) is 13.6 Å². The second-order valence-electron chi connectivity index (χ2n) is 7.84. The number of imidazole rings is 1. The number of carbonyl (C=O) groups excluding carboxylic acids is 1. The summed E-state index contributed by atoms with van der Waals surface area (Å²) in [6.07, 6.45) is 6.91. The molecule has 0 amide bonds. The lowest BCUT2D eigenvalue weighted by Gasteiger charge is -2.39. The molecule has 5 rings (SSSR count). The molecule has 0 N–H and O–H groups in total. The highest BCUT2D eigenvalue weighted by Gasteiger charge is 2.44. The van der Waals surface area contributed by atoms with Gasteiger partial charge in [0.15, 0.2) is 5.78 Å². The quantitative estimate of drug-likeness (QED) is 0.459. The Morgan fingerprint density at radius 1 is 1.06 bits per heavy atom. The van der Waals surface area contributed by atoms with E-state index in [0.717, 1.165) is 22.0 Å². The number of aromatic nitrogens is 4. The number of hydrogen-bond donors (Lipinski definition) is 0. The first kappa shape index (κ1) is 19.3. The molecule has 31 heavy (non-hydrogen) atoms. The Morgan fingerprint density at radius 3 is 2.65 bits per heavy atom. The topological polar surface area (TPSA) is 63.9 Å². The third-order valence-corrected chi connectivity index (χ3v) is 5.47. The number of carbonyl (C=O) groups is 1. The van der Waals surface area contributed by atoms with Crippen molar-refractivity contribution in [3.8, 4) is 11.3 Å². The molecule has 0 bridgehead atoms. The van der Waals surface area contributed by atoms with Crippen molar-refractivity contribution in [2.75, 3.05) is 18.0 Å². The molecule has 6 nitrogen and oxygen atoms in total. The maximum absolute atomic E-state index is 13.1. The minimum absolute atomic E-state index is 0.117. The van der Waals surface area contributed by atoms with E-state index in [4.69, 9.17) is 0 Å². The monoisotopic (exact) mass is 419 g/mol. The Kier molecular flexibility index (Phi) is 4.50. The maximum Gasteiger partial charge on any atom is 0.282 e. The molecule has 8 heteroatoms. The third kappa shape index (κ3) is 3.76. The first-order chi connectivity index (χ1) is 14.9. The van der Waals surface area contributed by atoms with Crippen LogP contribution in [0.2, 0.25) is 0 Å². The molecular weight excluding hydrogens is 400 g/mol. The molecule has 1 aliphatic rings. The van der Waals surface area contributed by atoms with Crippen LogP contribution >= 0.6 is 0 Å². The normalized spacial score (nSPS) is 15.1. The SMILES string of the molecule is Cn1cncc1-c1ccc2cnc(CC(=O)c3ccnc(N4CC(F)(F)C4)c3)cc2c1. The number of rotatable bonds is 5. The van der Waals surface area contributed by atoms with Crippen LogP contribution in [0.25, 0.3) is 22.0 Å². The zero-order valence-electron chi connectivity index (χ0n) is 16.8. The van der Waals surface area contributed by atoms with Gasteiger partial charge in [-0.1, -0.05) is 12.1 Å². The Labute approximate surface area is 177 Å². The Morgan fingerprint density at radius 2 is 1.90 bits per heavy atom. The van der Waals surface area contributed by atoms with Crippen LogP contribution in [0, 0.1) is 0 Å². The van der Waals surface area contributed by atoms with Crippen LogP contribution in [0.3, 0.4) is 0 Å². The largest absolute Gasteiger partial charge is 0.344 e. The molecule has 3 aromatic heterocycles. The second-order valence-corrected chi connectivity index (χ2v) is 7.84. The van der Waals surface area contributed by atoms with Gasteiger partial charge in [-0.2, -0.15) is 0 Å². The summed E-state index contributed by atoms with van der Waals surface area (Å²) in [5.74, 6) is -2.43. The van der Waals surface area contributed by atoms with E-state index in [2.05, 4.69) is 21.0 Å². The molecule has 0 aliphatic carbocycles. The molecule has 1 aliphatic heterocycles. The molecule has 1 saturated heterocycles. The summed E-state index contributed by atoms with van der Waals surface area (Å²) < 4.78 is 28.2. The van der Waals surface area contributed by atoms with Crippen LogP contribution in [-0.4, -0.2) is 44.3 Å². The van der Waals surface area contributed by atoms with Crippen molar-refractivity contribution in [1.82, 2.24) is 19.5 Å². The van der Waals surface area contributed by atoms with E-state index in [1.807, 2.05) is 36.0 Å². The van der Waals surface area contributed by atoms with Crippen molar-refractivity contribution in [3.05, 3.63) is 72.6 Å². The number of aryl methyl sites for hydroxylation is 1. The molecule has 156 valence electrons. The fourth-order valence-electron chi connectivity index (χ4n) is 3.78. The summed E-state index contributed by atoms with van der Waals surface area (Å²) in [4.78, 5) is 27.0. The smallest absolute Gasteiger partial charge is 0.282 e. The van der Waals surface area contributed by atoms with Gasteiger partial charge in [0.25, 0.3) is 5.92 Å². The molecule has 0 spiro atoms. The molecule has 4 heterocycles. The van der Waals surface area contributed by atoms with E-state index >= 15 is 0 Å². The predicted octanol–water partition coefficient (Wildman–Crippen LogP) is 3.91. The summed E-state index contributed by atoms with van der Waals surface area (Å²) in [6, 6.07) is 11.1. The highest BCUT2D eigenvalue weighted by Crippen LogP contribution is 2.31. The standard InChI is InChI=1S/C23H19F2N5O/c1-29-14-26-11-20(29)15-2-3-17-10-28-19(7-18(17)6-15)9-21(31)16-4-5-27-22(8-16)30-12-23(24,25)13-30/h2-8,10-11,14H,9,12-13H2,1H3. The highest BCUT2D eigenvalue weighted by molar-refractivity contribution is 5.98. The lowest BCUT2D eigenvalue weighted by molar-refractivity contribution is -0.0267. The summed E-state index contributed by atoms with van der Waals surface area (Å²) >= 11 is 0. The number of Topliss-reactive ketones (excluding diaryl/α,β-unsaturated/α-hetero) is 1. The number of halogens is 2. The number of benzene rings is 1. The number of hydrogen-bond acceptors (Lipinski definition) is 5. The van der Waals surface area contributed by atoms with Gasteiger partial charge in [-0.3, -0.25) is 9.78 Å². The van der Waals surface area contributed by atoms with Gasteiger partial charge in [0, 0.05) is 41.6 Å². The number of ketones is 1. The molecule has 0 saturated carbocycles. The van der Waals surface area contributed by atoms with Gasteiger partial charge in [-0.15, -0.1) is 0 Å². The zero-order valence-corrected chi connectivity index (χ0v) is 16.8. The van der Waals surface area contributed by atoms with Gasteiger partial charge in [0.2, 0.25) is 0 Å². The molecule has 1 aromatic carbocycles. The second kappa shape index (κ2) is 7.23. The van der Waals surface area contributed by atoms with Gasteiger partial charge in [-0.25, -0.2) is 18.7 Å². The summed E-state index contributed by atoms with van der Waals surface area (Å²) in [7, 11) is 1.94. The van der Waals surface area contributed by atoms with Gasteiger partial charge < -0.3 is 9.47 Å². The fraction of sp³-hybridized carbons (Fsp3) is 0.217. The van der Waals surface area contributed by atoms with Gasteiger partial charge in [0.05, 0.1) is 37.7 Å². The van der Waals surface area contributed by atoms with Crippen LogP contribution in [-0.2, 0) is 13.5 Å². The minimum atomic E-state index is -2.69. The molecule has 1 fully saturated rings. The van der Waals surface area contributed by atoms with Crippen LogP contribution in [0.1, 0.15) is 16.1 Å². The van der Waals surface area contributed by atoms with E-state index in [1.54, 1.807) is 24.7 Å². The third-order valence-electron chi connectivity index (χ3n) is 5.47. The lowest BCUT2D eigenvalue weighted by Crippen LogP contribution is -2.56. The summed E-state index contributed by atoms with van der Waals surface area (Å²) in [6.45, 7) is -0.744. The van der Waals surface area contributed by atoms with Gasteiger partial charge in [0.1, 0.15) is 5.82 Å². The highest BCUT2D eigenvalue weighted by atomic mass is 19.3. The molecule has 4 aromatic rings. The molecule has 0 unspecified atom stereocenters. The van der Waals surface area contributed by atoms with Crippen LogP contribution in [0.15, 0.2) is 61.3 Å². The molecule has 0 radical (unpaired) electrons. The first-order valence-electron chi connectivity index (χ1n) is 9.85. The van der Waals surface area contributed by atoms with E-state index in [0.29, 0.717) is 17.1 Å². The Hall–Kier alpha value is -3.68. The van der Waals surface area contributed by atoms with E-state index < -0.39 is 5.92 Å². The lowest BCUT2D eigenvalue weighted by atomic mass is 10.0. The minimum Gasteiger partial charge on any atom is -0.344 e. The van der Waals surface area contributed by atoms with Crippen molar-refractivity contribution in [2.45, 2.75) is 12.3 Å². The molecular formula is C23H19F2N5O. The first-order valence-corrected chi connectivity index (χ1v) is 9.85. The zero-order chi connectivity index (χ0) is 21.6. The van der Waals surface area contributed by atoms with Crippen LogP contribution in [0.5, 0.6) is 0 Å². The van der Waals surface area contributed by atoms with Crippen molar-refractivity contribution >= 4 is 22.4 Å². The Bertz CT molecular complexity index is 1290. The number of pyridine rings is 2. The van der Waals surface area contributed by atoms with E-state index in [1.165, 1.54) is 11.1 Å². The Balaban J connectivity index is 1.37. The number of alkyl halides is 2. The van der Waals surface area contributed by atoms with Gasteiger partial charge in [-0.05, 0) is 29.7 Å². The fourth-order valence-corrected chi connectivity index (χ4v) is 3.78. The summed E-state index contributed by atoms with van der Waals surface area (Å²) in [5.41, 5.74) is 3.11. The van der Waals surface area contributed by atoms with Gasteiger partial charge >= 0.3 is 0 Å².